The minimum absolute atomic E-state index is 0.0330. The number of hydrogen-bond donors (Lipinski definition) is 0. The zero-order valence-corrected chi connectivity index (χ0v) is 20.5. The van der Waals surface area contributed by atoms with Gasteiger partial charge in [-0.05, 0) is 68.6 Å². The van der Waals surface area contributed by atoms with Crippen molar-refractivity contribution in [2.45, 2.75) is 95.4 Å². The molecule has 0 bridgehead atoms. The molecule has 0 radical (unpaired) electrons. The molecule has 0 N–H and O–H groups in total. The van der Waals surface area contributed by atoms with Crippen LogP contribution in [0.1, 0.15) is 75.8 Å². The first-order valence-corrected chi connectivity index (χ1v) is 13.6. The Balaban J connectivity index is 1.52. The van der Waals surface area contributed by atoms with Gasteiger partial charge in [0, 0.05) is 11.7 Å². The van der Waals surface area contributed by atoms with Crippen LogP contribution in [0.15, 0.2) is 66.7 Å². The molecule has 2 saturated carbocycles. The lowest BCUT2D eigenvalue weighted by Gasteiger charge is -2.50. The predicted molar refractivity (Wildman–Crippen MR) is 138 cm³/mol. The highest BCUT2D eigenvalue weighted by molar-refractivity contribution is 5.58. The van der Waals surface area contributed by atoms with Crippen LogP contribution < -0.4 is 4.90 Å². The maximum absolute atomic E-state index is 3.03. The number of anilines is 1. The molecule has 0 aromatic heterocycles. The second-order valence-corrected chi connectivity index (χ2v) is 11.2. The molecule has 2 aliphatic heterocycles. The number of aryl methyl sites for hydroxylation is 1. The van der Waals surface area contributed by atoms with Crippen LogP contribution >= 0.6 is 0 Å². The van der Waals surface area contributed by atoms with Crippen molar-refractivity contribution >= 4 is 5.69 Å². The lowest BCUT2D eigenvalue weighted by Crippen LogP contribution is -2.56. The Morgan fingerprint density at radius 1 is 0.788 bits per heavy atom. The average molecular weight is 441 g/mol. The van der Waals surface area contributed by atoms with Crippen LogP contribution in [0.3, 0.4) is 0 Å². The fourth-order valence-corrected chi connectivity index (χ4v) is 8.00. The fourth-order valence-electron chi connectivity index (χ4n) is 8.00. The van der Waals surface area contributed by atoms with Gasteiger partial charge >= 0.3 is 0 Å². The van der Waals surface area contributed by atoms with Crippen molar-refractivity contribution in [3.8, 4) is 0 Å². The average Bonchev–Trinajstić information content (AvgIpc) is 3.58. The van der Waals surface area contributed by atoms with Gasteiger partial charge < -0.3 is 4.90 Å². The molecule has 2 heterocycles. The van der Waals surface area contributed by atoms with E-state index in [9.17, 15) is 0 Å². The summed E-state index contributed by atoms with van der Waals surface area (Å²) in [5.41, 5.74) is 4.43. The lowest BCUT2D eigenvalue weighted by atomic mass is 9.70. The summed E-state index contributed by atoms with van der Waals surface area (Å²) in [5, 5.41) is 0. The number of fused-ring (bicyclic) bond motifs is 1. The molecule has 0 amide bonds. The number of hydrogen-bond acceptors (Lipinski definition) is 2. The summed E-state index contributed by atoms with van der Waals surface area (Å²) in [7, 11) is 0. The number of nitrogens with zero attached hydrogens (tertiary/aromatic N) is 2. The standard InChI is InChI=1S/C31H40N2/c1-23-13-9-12-20-28(23)32-24(2)29-21-22-31(26-16-5-3-6-17-26,27-18-7-4-8-19-27)33(29)30(32)25-14-10-11-15-25/h3,5-6,9,12-13,16-17,20-22,24-25,27,29-30H,4,7-8,10-11,14-15,18-19H2,1-2H3/t24-,29?,30?,31?/m0/s1. The smallest absolute Gasteiger partial charge is 0.0868 e. The highest BCUT2D eigenvalue weighted by Gasteiger charge is 2.60. The van der Waals surface area contributed by atoms with Gasteiger partial charge in [-0.25, -0.2) is 0 Å². The molecule has 2 aromatic rings. The quantitative estimate of drug-likeness (QED) is 0.456. The molecular formula is C31H40N2. The predicted octanol–water partition coefficient (Wildman–Crippen LogP) is 7.44. The van der Waals surface area contributed by atoms with Gasteiger partial charge in [0.05, 0.1) is 17.7 Å². The number of para-hydroxylation sites is 1. The molecule has 2 aliphatic carbocycles. The Hall–Kier alpha value is -2.06. The van der Waals surface area contributed by atoms with Gasteiger partial charge in [-0.1, -0.05) is 92.8 Å². The number of benzene rings is 2. The molecule has 33 heavy (non-hydrogen) atoms. The summed E-state index contributed by atoms with van der Waals surface area (Å²) in [6.07, 6.45) is 18.2. The van der Waals surface area contributed by atoms with Crippen LogP contribution in [0, 0.1) is 18.8 Å². The Morgan fingerprint density at radius 3 is 2.18 bits per heavy atom. The molecule has 4 aliphatic rings. The van der Waals surface area contributed by atoms with E-state index in [1.165, 1.54) is 74.6 Å². The summed E-state index contributed by atoms with van der Waals surface area (Å²) in [4.78, 5) is 5.88. The SMILES string of the molecule is Cc1ccccc1N1C(C2CCCC2)N2C(C=CC2(c2ccccc2)C2CCCCC2)[C@@H]1C. The maximum atomic E-state index is 3.03. The monoisotopic (exact) mass is 440 g/mol. The van der Waals surface area contributed by atoms with Crippen LogP contribution in [0.25, 0.3) is 0 Å². The van der Waals surface area contributed by atoms with Gasteiger partial charge in [0.25, 0.3) is 0 Å². The maximum Gasteiger partial charge on any atom is 0.0868 e. The summed E-state index contributed by atoms with van der Waals surface area (Å²) >= 11 is 0. The minimum atomic E-state index is 0.0330. The van der Waals surface area contributed by atoms with Crippen LogP contribution in [-0.4, -0.2) is 23.1 Å². The number of rotatable bonds is 4. The minimum Gasteiger partial charge on any atom is -0.351 e. The van der Waals surface area contributed by atoms with Gasteiger partial charge in [-0.2, -0.15) is 0 Å². The Bertz CT molecular complexity index is 985. The summed E-state index contributed by atoms with van der Waals surface area (Å²) in [5.74, 6) is 1.46. The van der Waals surface area contributed by atoms with Crippen molar-refractivity contribution in [2.75, 3.05) is 4.90 Å². The van der Waals surface area contributed by atoms with Crippen LogP contribution in [0.5, 0.6) is 0 Å². The highest BCUT2D eigenvalue weighted by Crippen LogP contribution is 2.56. The molecule has 174 valence electrons. The van der Waals surface area contributed by atoms with Crippen molar-refractivity contribution in [3.63, 3.8) is 0 Å². The first-order chi connectivity index (χ1) is 16.2. The van der Waals surface area contributed by atoms with E-state index in [1.807, 2.05) is 0 Å². The Labute approximate surface area is 200 Å². The molecule has 0 spiro atoms. The topological polar surface area (TPSA) is 6.48 Å². The van der Waals surface area contributed by atoms with E-state index in [1.54, 1.807) is 0 Å². The molecule has 3 fully saturated rings. The Kier molecular flexibility index (Phi) is 5.61. The molecule has 3 unspecified atom stereocenters. The van der Waals surface area contributed by atoms with Gasteiger partial charge in [0.15, 0.2) is 0 Å². The molecule has 1 saturated heterocycles. The van der Waals surface area contributed by atoms with Crippen molar-refractivity contribution in [3.05, 3.63) is 77.9 Å². The van der Waals surface area contributed by atoms with Crippen molar-refractivity contribution in [2.24, 2.45) is 11.8 Å². The summed E-state index contributed by atoms with van der Waals surface area (Å²) in [6.45, 7) is 4.80. The van der Waals surface area contributed by atoms with E-state index in [0.717, 1.165) is 5.92 Å². The molecule has 2 heteroatoms. The first kappa shape index (κ1) is 21.5. The second kappa shape index (κ2) is 8.62. The van der Waals surface area contributed by atoms with Gasteiger partial charge in [0.1, 0.15) is 0 Å². The van der Waals surface area contributed by atoms with Gasteiger partial charge in [-0.3, -0.25) is 4.90 Å². The van der Waals surface area contributed by atoms with Gasteiger partial charge in [-0.15, -0.1) is 0 Å². The molecule has 4 atom stereocenters. The van der Waals surface area contributed by atoms with Crippen LogP contribution in [0.4, 0.5) is 5.69 Å². The van der Waals surface area contributed by atoms with Crippen molar-refractivity contribution in [1.29, 1.82) is 0 Å². The zero-order valence-electron chi connectivity index (χ0n) is 20.5. The summed E-state index contributed by atoms with van der Waals surface area (Å²) < 4.78 is 0. The first-order valence-electron chi connectivity index (χ1n) is 13.6. The van der Waals surface area contributed by atoms with Gasteiger partial charge in [0.2, 0.25) is 0 Å². The third-order valence-corrected chi connectivity index (χ3v) is 9.48. The van der Waals surface area contributed by atoms with Crippen LogP contribution in [-0.2, 0) is 5.54 Å². The van der Waals surface area contributed by atoms with E-state index >= 15 is 0 Å². The lowest BCUT2D eigenvalue weighted by molar-refractivity contribution is 0.0159. The zero-order chi connectivity index (χ0) is 22.4. The van der Waals surface area contributed by atoms with E-state index in [0.29, 0.717) is 24.2 Å². The van der Waals surface area contributed by atoms with Crippen molar-refractivity contribution < 1.29 is 0 Å². The molecule has 6 rings (SSSR count). The molecule has 2 nitrogen and oxygen atoms in total. The largest absolute Gasteiger partial charge is 0.351 e. The van der Waals surface area contributed by atoms with E-state index in [2.05, 4.69) is 90.4 Å². The third-order valence-electron chi connectivity index (χ3n) is 9.48. The van der Waals surface area contributed by atoms with E-state index in [4.69, 9.17) is 0 Å². The van der Waals surface area contributed by atoms with Crippen LogP contribution in [0.2, 0.25) is 0 Å². The molecule has 2 aromatic carbocycles. The van der Waals surface area contributed by atoms with E-state index in [-0.39, 0.29) is 5.54 Å². The third kappa shape index (κ3) is 3.32. The molecular weight excluding hydrogens is 400 g/mol. The Morgan fingerprint density at radius 2 is 1.45 bits per heavy atom. The highest BCUT2D eigenvalue weighted by atomic mass is 15.5. The van der Waals surface area contributed by atoms with Crippen molar-refractivity contribution in [1.82, 2.24) is 4.90 Å². The fraction of sp³-hybridized carbons (Fsp3) is 0.548. The second-order valence-electron chi connectivity index (χ2n) is 11.2. The normalized spacial score (nSPS) is 33.2. The summed E-state index contributed by atoms with van der Waals surface area (Å²) in [6, 6.07) is 21.7. The van der Waals surface area contributed by atoms with E-state index < -0.39 is 0 Å².